The summed E-state index contributed by atoms with van der Waals surface area (Å²) in [5, 5.41) is 2.50. The van der Waals surface area contributed by atoms with Gasteiger partial charge in [0.05, 0.1) is 13.5 Å². The van der Waals surface area contributed by atoms with E-state index in [-0.39, 0.29) is 12.3 Å². The van der Waals surface area contributed by atoms with Crippen molar-refractivity contribution in [2.24, 2.45) is 0 Å². The first kappa shape index (κ1) is 18.8. The van der Waals surface area contributed by atoms with E-state index in [4.69, 9.17) is 22.9 Å². The summed E-state index contributed by atoms with van der Waals surface area (Å²) in [6, 6.07) is 3.90. The van der Waals surface area contributed by atoms with Crippen LogP contribution in [0.25, 0.3) is 0 Å². The molecule has 1 fully saturated rings. The minimum absolute atomic E-state index is 0.0102. The van der Waals surface area contributed by atoms with E-state index >= 15 is 0 Å². The van der Waals surface area contributed by atoms with Crippen LogP contribution in [0.15, 0.2) is 12.1 Å². The van der Waals surface area contributed by atoms with Gasteiger partial charge in [0.15, 0.2) is 0 Å². The van der Waals surface area contributed by atoms with Crippen LogP contribution in [0.4, 0.5) is 0 Å². The van der Waals surface area contributed by atoms with Crippen LogP contribution in [0.5, 0.6) is 0 Å². The molecule has 0 radical (unpaired) electrons. The number of rotatable bonds is 4. The van der Waals surface area contributed by atoms with Crippen molar-refractivity contribution in [3.8, 4) is 12.3 Å². The molecule has 4 nitrogen and oxygen atoms in total. The van der Waals surface area contributed by atoms with Crippen molar-refractivity contribution in [3.05, 3.63) is 33.8 Å². The molecule has 0 aromatic heterocycles. The number of piperidine rings is 1. The Bertz CT molecular complexity index is 658. The molecule has 24 heavy (non-hydrogen) atoms. The molecule has 1 heterocycles. The topological polar surface area (TPSA) is 32.8 Å². The maximum atomic E-state index is 12.8. The molecule has 2 rings (SSSR count). The van der Waals surface area contributed by atoms with Gasteiger partial charge >= 0.3 is 0 Å². The second-order valence-corrected chi connectivity index (χ2v) is 6.85. The molecule has 5 heteroatoms. The molecule has 0 aliphatic carbocycles. The lowest BCUT2D eigenvalue weighted by molar-refractivity contribution is -0.161. The number of carbonyl (C=O) groups excluding carboxylic acids is 1. The third kappa shape index (κ3) is 3.75. The first-order valence-electron chi connectivity index (χ1n) is 8.12. The largest absolute Gasteiger partial charge is 0.329 e. The number of carbonyl (C=O) groups is 1. The van der Waals surface area contributed by atoms with Crippen LogP contribution in [0, 0.1) is 26.2 Å². The number of nitrogens with zero attached hydrogens (tertiary/aromatic N) is 2. The minimum atomic E-state index is -0.557. The van der Waals surface area contributed by atoms with Crippen LogP contribution < -0.4 is 0 Å². The third-order valence-electron chi connectivity index (χ3n) is 5.10. The maximum absolute atomic E-state index is 12.8. The molecule has 1 amide bonds. The summed E-state index contributed by atoms with van der Waals surface area (Å²) >= 11 is 6.31. The van der Waals surface area contributed by atoms with Crippen molar-refractivity contribution in [1.29, 1.82) is 0 Å². The van der Waals surface area contributed by atoms with E-state index < -0.39 is 5.54 Å². The Kier molecular flexibility index (Phi) is 5.92. The van der Waals surface area contributed by atoms with E-state index in [2.05, 4.69) is 5.92 Å². The second-order valence-electron chi connectivity index (χ2n) is 6.44. The van der Waals surface area contributed by atoms with E-state index in [0.29, 0.717) is 31.0 Å². The number of benzene rings is 1. The van der Waals surface area contributed by atoms with Crippen molar-refractivity contribution in [3.63, 3.8) is 0 Å². The van der Waals surface area contributed by atoms with Gasteiger partial charge in [0.1, 0.15) is 5.54 Å². The highest BCUT2D eigenvalue weighted by Crippen LogP contribution is 2.29. The summed E-state index contributed by atoms with van der Waals surface area (Å²) in [5.41, 5.74) is 2.54. The van der Waals surface area contributed by atoms with Crippen LogP contribution >= 0.6 is 11.6 Å². The molecule has 0 bridgehead atoms. The fourth-order valence-electron chi connectivity index (χ4n) is 3.11. The summed E-state index contributed by atoms with van der Waals surface area (Å²) in [7, 11) is 3.44. The van der Waals surface area contributed by atoms with Crippen LogP contribution in [-0.2, 0) is 16.1 Å². The molecule has 1 aromatic carbocycles. The number of hydroxylamine groups is 2. The lowest BCUT2D eigenvalue weighted by Gasteiger charge is -2.43. The molecule has 0 N–H and O–H groups in total. The van der Waals surface area contributed by atoms with Crippen molar-refractivity contribution >= 4 is 17.5 Å². The van der Waals surface area contributed by atoms with Gasteiger partial charge in [-0.1, -0.05) is 23.6 Å². The SMILES string of the molecule is C#CC1(N(C)C(=O)Cc2cc(C)c(C)cc2Cl)CCN(OC)CC1. The summed E-state index contributed by atoms with van der Waals surface area (Å²) in [6.07, 6.45) is 7.45. The van der Waals surface area contributed by atoms with Crippen molar-refractivity contribution in [2.45, 2.75) is 38.6 Å². The van der Waals surface area contributed by atoms with E-state index in [1.165, 1.54) is 0 Å². The molecule has 1 saturated heterocycles. The Balaban J connectivity index is 2.14. The fraction of sp³-hybridized carbons (Fsp3) is 0.526. The Morgan fingerprint density at radius 2 is 1.96 bits per heavy atom. The van der Waals surface area contributed by atoms with Crippen LogP contribution in [0.1, 0.15) is 29.5 Å². The molecule has 1 aromatic rings. The average molecular weight is 349 g/mol. The van der Waals surface area contributed by atoms with Crippen LogP contribution in [0.2, 0.25) is 5.02 Å². The second kappa shape index (κ2) is 7.57. The predicted octanol–water partition coefficient (Wildman–Crippen LogP) is 2.99. The summed E-state index contributed by atoms with van der Waals surface area (Å²) < 4.78 is 0. The highest BCUT2D eigenvalue weighted by atomic mass is 35.5. The van der Waals surface area contributed by atoms with Gasteiger partial charge in [0.25, 0.3) is 0 Å². The summed E-state index contributed by atoms with van der Waals surface area (Å²) in [4.78, 5) is 19.8. The van der Waals surface area contributed by atoms with Gasteiger partial charge in [-0.25, -0.2) is 0 Å². The number of aryl methyl sites for hydroxylation is 2. The number of halogens is 1. The molecular formula is C19H25ClN2O2. The molecule has 0 unspecified atom stereocenters. The Labute approximate surface area is 149 Å². The van der Waals surface area contributed by atoms with E-state index in [1.807, 2.05) is 31.0 Å². The molecule has 130 valence electrons. The van der Waals surface area contributed by atoms with Gasteiger partial charge in [0.2, 0.25) is 5.91 Å². The van der Waals surface area contributed by atoms with Crippen LogP contribution in [0.3, 0.4) is 0 Å². The zero-order valence-corrected chi connectivity index (χ0v) is 15.6. The smallest absolute Gasteiger partial charge is 0.228 e. The number of amides is 1. The van der Waals surface area contributed by atoms with Gasteiger partial charge in [-0.15, -0.1) is 6.42 Å². The van der Waals surface area contributed by atoms with Gasteiger partial charge in [-0.3, -0.25) is 4.79 Å². The standard InChI is InChI=1S/C19H25ClN2O2/c1-6-19(7-9-22(24-5)10-8-19)21(4)18(23)13-16-11-14(2)15(3)12-17(16)20/h1,11-12H,7-10,13H2,2-5H3. The highest BCUT2D eigenvalue weighted by Gasteiger charge is 2.39. The van der Waals surface area contributed by atoms with Gasteiger partial charge in [-0.2, -0.15) is 5.06 Å². The monoisotopic (exact) mass is 348 g/mol. The molecule has 1 aliphatic rings. The average Bonchev–Trinajstić information content (AvgIpc) is 2.59. The Hall–Kier alpha value is -1.54. The van der Waals surface area contributed by atoms with Crippen molar-refractivity contribution < 1.29 is 9.63 Å². The minimum Gasteiger partial charge on any atom is -0.329 e. The molecule has 0 atom stereocenters. The molecule has 1 aliphatic heterocycles. The Morgan fingerprint density at radius 1 is 1.38 bits per heavy atom. The predicted molar refractivity (Wildman–Crippen MR) is 96.8 cm³/mol. The maximum Gasteiger partial charge on any atom is 0.228 e. The quantitative estimate of drug-likeness (QED) is 0.784. The first-order valence-corrected chi connectivity index (χ1v) is 8.50. The molecule has 0 saturated carbocycles. The zero-order valence-electron chi connectivity index (χ0n) is 14.9. The van der Waals surface area contributed by atoms with E-state index in [9.17, 15) is 4.79 Å². The number of likely N-dealkylation sites (N-methyl/N-ethyl adjacent to an activating group) is 1. The number of terminal acetylenes is 1. The summed E-state index contributed by atoms with van der Waals surface area (Å²) in [6.45, 7) is 5.45. The first-order chi connectivity index (χ1) is 11.3. The van der Waals surface area contributed by atoms with Gasteiger partial charge in [-0.05, 0) is 49.4 Å². The highest BCUT2D eigenvalue weighted by molar-refractivity contribution is 6.31. The van der Waals surface area contributed by atoms with Gasteiger partial charge < -0.3 is 9.74 Å². The molecular weight excluding hydrogens is 324 g/mol. The van der Waals surface area contributed by atoms with E-state index in [1.54, 1.807) is 19.1 Å². The zero-order chi connectivity index (χ0) is 17.9. The molecule has 0 spiro atoms. The van der Waals surface area contributed by atoms with Crippen LogP contribution in [-0.4, -0.2) is 48.7 Å². The third-order valence-corrected chi connectivity index (χ3v) is 5.45. The number of hydrogen-bond donors (Lipinski definition) is 0. The van der Waals surface area contributed by atoms with Gasteiger partial charge in [0, 0.05) is 25.2 Å². The fourth-order valence-corrected chi connectivity index (χ4v) is 3.40. The van der Waals surface area contributed by atoms with E-state index in [0.717, 1.165) is 16.7 Å². The Morgan fingerprint density at radius 3 is 2.50 bits per heavy atom. The van der Waals surface area contributed by atoms with Crippen molar-refractivity contribution in [2.75, 3.05) is 27.2 Å². The normalized spacial score (nSPS) is 17.3. The van der Waals surface area contributed by atoms with Crippen molar-refractivity contribution in [1.82, 2.24) is 9.96 Å². The summed E-state index contributed by atoms with van der Waals surface area (Å²) in [5.74, 6) is 2.84. The lowest BCUT2D eigenvalue weighted by Crippen LogP contribution is -2.55. The lowest BCUT2D eigenvalue weighted by atomic mass is 9.87. The number of hydrogen-bond acceptors (Lipinski definition) is 3.